The average Bonchev–Trinajstić information content (AvgIpc) is 1.14. The maximum atomic E-state index is 9.77. The number of hydrogen-bond acceptors (Lipinski definition) is 5. The smallest absolute Gasteiger partial charge is 0.748 e. The minimum absolute atomic E-state index is 0. The van der Waals surface area contributed by atoms with Gasteiger partial charge in [0.05, 0.1) is 15.9 Å². The molecule has 0 bridgehead atoms. The van der Waals surface area contributed by atoms with E-state index in [-0.39, 0.29) is 29.6 Å². The molecule has 0 aromatic rings. The Morgan fingerprint density at radius 2 is 1.80 bits per heavy atom. The van der Waals surface area contributed by atoms with Crippen LogP contribution < -0.4 is 29.6 Å². The number of aliphatic hydroxyl groups is 2. The summed E-state index contributed by atoms with van der Waals surface area (Å²) >= 11 is 0. The Labute approximate surface area is 81.1 Å². The molecule has 0 aromatic heterocycles. The van der Waals surface area contributed by atoms with Crippen LogP contribution in [-0.2, 0) is 10.1 Å². The standard InChI is InChI=1S/C3H8O5S.Na/c1-3(4,5)2-9(6,7)8;/h4-5H,2H2,1H3,(H,6,7,8);/q;+1/p-1. The van der Waals surface area contributed by atoms with Crippen LogP contribution in [0.5, 0.6) is 0 Å². The van der Waals surface area contributed by atoms with Crippen LogP contribution in [-0.4, -0.2) is 34.7 Å². The second-order valence-electron chi connectivity index (χ2n) is 1.92. The molecular weight excluding hydrogens is 171 g/mol. The Hall–Kier alpha value is 0.830. The van der Waals surface area contributed by atoms with Crippen LogP contribution in [0, 0.1) is 0 Å². The van der Waals surface area contributed by atoms with E-state index in [2.05, 4.69) is 0 Å². The Kier molecular flexibility index (Phi) is 5.38. The quantitative estimate of drug-likeness (QED) is 0.251. The van der Waals surface area contributed by atoms with E-state index < -0.39 is 21.7 Å². The minimum atomic E-state index is -4.53. The van der Waals surface area contributed by atoms with Gasteiger partial charge in [-0.1, -0.05) is 0 Å². The van der Waals surface area contributed by atoms with E-state index in [1.807, 2.05) is 0 Å². The molecule has 56 valence electrons. The van der Waals surface area contributed by atoms with E-state index >= 15 is 0 Å². The Morgan fingerprint density at radius 3 is 1.80 bits per heavy atom. The van der Waals surface area contributed by atoms with Crippen molar-refractivity contribution in [2.45, 2.75) is 12.7 Å². The first-order chi connectivity index (χ1) is 3.71. The predicted molar refractivity (Wildman–Crippen MR) is 27.4 cm³/mol. The molecule has 0 saturated heterocycles. The van der Waals surface area contributed by atoms with Gasteiger partial charge in [0, 0.05) is 0 Å². The van der Waals surface area contributed by atoms with Gasteiger partial charge in [0.1, 0.15) is 0 Å². The van der Waals surface area contributed by atoms with Crippen molar-refractivity contribution in [3.63, 3.8) is 0 Å². The normalized spacial score (nSPS) is 12.4. The fourth-order valence-electron chi connectivity index (χ4n) is 0.335. The topological polar surface area (TPSA) is 97.7 Å². The molecule has 0 saturated carbocycles. The van der Waals surface area contributed by atoms with Crippen molar-refractivity contribution in [1.82, 2.24) is 0 Å². The molecular formula is C3H7NaO5S. The van der Waals surface area contributed by atoms with Crippen LogP contribution in [0.2, 0.25) is 0 Å². The summed E-state index contributed by atoms with van der Waals surface area (Å²) in [6.45, 7) is 0.822. The van der Waals surface area contributed by atoms with Crippen molar-refractivity contribution in [3.8, 4) is 0 Å². The van der Waals surface area contributed by atoms with E-state index in [0.717, 1.165) is 6.92 Å². The van der Waals surface area contributed by atoms with Gasteiger partial charge in [0.2, 0.25) is 0 Å². The summed E-state index contributed by atoms with van der Waals surface area (Å²) in [6.07, 6.45) is 0. The molecule has 2 N–H and O–H groups in total. The van der Waals surface area contributed by atoms with Gasteiger partial charge in [0.25, 0.3) is 0 Å². The zero-order chi connectivity index (χ0) is 7.71. The van der Waals surface area contributed by atoms with Gasteiger partial charge in [-0.25, -0.2) is 8.42 Å². The average molecular weight is 178 g/mol. The van der Waals surface area contributed by atoms with Gasteiger partial charge in [-0.3, -0.25) is 0 Å². The van der Waals surface area contributed by atoms with Crippen LogP contribution in [0.1, 0.15) is 6.92 Å². The summed E-state index contributed by atoms with van der Waals surface area (Å²) in [4.78, 5) is 0. The third kappa shape index (κ3) is 11.6. The third-order valence-corrected chi connectivity index (χ3v) is 1.35. The molecule has 0 aliphatic carbocycles. The molecule has 7 heteroatoms. The van der Waals surface area contributed by atoms with Crippen molar-refractivity contribution in [1.29, 1.82) is 0 Å². The predicted octanol–water partition coefficient (Wildman–Crippen LogP) is -4.76. The van der Waals surface area contributed by atoms with E-state index in [0.29, 0.717) is 0 Å². The van der Waals surface area contributed by atoms with Crippen LogP contribution in [0.15, 0.2) is 0 Å². The van der Waals surface area contributed by atoms with Crippen molar-refractivity contribution >= 4 is 10.1 Å². The molecule has 0 heterocycles. The minimum Gasteiger partial charge on any atom is -0.748 e. The van der Waals surface area contributed by atoms with Gasteiger partial charge in [-0.2, -0.15) is 0 Å². The fourth-order valence-corrected chi connectivity index (χ4v) is 1.00. The second kappa shape index (κ2) is 4.01. The number of hydrogen-bond donors (Lipinski definition) is 2. The molecule has 0 aromatic carbocycles. The monoisotopic (exact) mass is 178 g/mol. The first kappa shape index (κ1) is 13.4. The number of rotatable bonds is 2. The summed E-state index contributed by atoms with van der Waals surface area (Å²) in [6, 6.07) is 0. The summed E-state index contributed by atoms with van der Waals surface area (Å²) in [5.74, 6) is -3.60. The van der Waals surface area contributed by atoms with Gasteiger partial charge in [-0.05, 0) is 6.92 Å². The first-order valence-corrected chi connectivity index (χ1v) is 3.67. The molecule has 0 aliphatic heterocycles. The summed E-state index contributed by atoms with van der Waals surface area (Å²) in [5.41, 5.74) is 0. The van der Waals surface area contributed by atoms with Crippen LogP contribution in [0.3, 0.4) is 0 Å². The van der Waals surface area contributed by atoms with Gasteiger partial charge >= 0.3 is 29.6 Å². The van der Waals surface area contributed by atoms with E-state index in [9.17, 15) is 13.0 Å². The van der Waals surface area contributed by atoms with Crippen LogP contribution in [0.4, 0.5) is 0 Å². The van der Waals surface area contributed by atoms with Crippen molar-refractivity contribution in [2.24, 2.45) is 0 Å². The molecule has 0 rings (SSSR count). The maximum Gasteiger partial charge on any atom is 1.00 e. The maximum absolute atomic E-state index is 9.77. The second-order valence-corrected chi connectivity index (χ2v) is 3.32. The molecule has 0 amide bonds. The van der Waals surface area contributed by atoms with Crippen LogP contribution in [0.25, 0.3) is 0 Å². The van der Waals surface area contributed by atoms with Gasteiger partial charge < -0.3 is 14.8 Å². The molecule has 10 heavy (non-hydrogen) atoms. The van der Waals surface area contributed by atoms with Crippen molar-refractivity contribution < 1.29 is 52.7 Å². The Bertz CT molecular complexity index is 178. The largest absolute Gasteiger partial charge is 1.00 e. The zero-order valence-corrected chi connectivity index (χ0v) is 8.55. The molecule has 0 radical (unpaired) electrons. The van der Waals surface area contributed by atoms with Gasteiger partial charge in [0.15, 0.2) is 5.79 Å². The molecule has 0 fully saturated rings. The fraction of sp³-hybridized carbons (Fsp3) is 1.00. The Balaban J connectivity index is 0. The molecule has 5 nitrogen and oxygen atoms in total. The van der Waals surface area contributed by atoms with Crippen LogP contribution >= 0.6 is 0 Å². The van der Waals surface area contributed by atoms with E-state index in [1.165, 1.54) is 0 Å². The molecule has 0 unspecified atom stereocenters. The zero-order valence-electron chi connectivity index (χ0n) is 5.73. The van der Waals surface area contributed by atoms with Crippen molar-refractivity contribution in [3.05, 3.63) is 0 Å². The summed E-state index contributed by atoms with van der Waals surface area (Å²) in [5, 5.41) is 16.7. The molecule has 0 aliphatic rings. The first-order valence-electron chi connectivity index (χ1n) is 2.09. The summed E-state index contributed by atoms with van der Waals surface area (Å²) in [7, 11) is -4.53. The van der Waals surface area contributed by atoms with E-state index in [4.69, 9.17) is 10.2 Å². The third-order valence-electron chi connectivity index (χ3n) is 0.450. The Morgan fingerprint density at radius 1 is 1.50 bits per heavy atom. The summed E-state index contributed by atoms with van der Waals surface area (Å²) < 4.78 is 29.3. The van der Waals surface area contributed by atoms with Crippen molar-refractivity contribution in [2.75, 3.05) is 5.75 Å². The SMILES string of the molecule is CC(O)(O)CS(=O)(=O)[O-].[Na+]. The molecule has 0 spiro atoms. The molecule has 0 atom stereocenters. The van der Waals surface area contributed by atoms with Gasteiger partial charge in [-0.15, -0.1) is 0 Å². The van der Waals surface area contributed by atoms with E-state index in [1.54, 1.807) is 0 Å².